The first kappa shape index (κ1) is 25.1. The molecule has 0 aliphatic heterocycles. The number of hydrogen-bond donors (Lipinski definition) is 3. The minimum absolute atomic E-state index is 0.0878. The lowest BCUT2D eigenvalue weighted by atomic mass is 9.80. The molecular weight excluding hydrogens is 452 g/mol. The second-order valence-electron chi connectivity index (χ2n) is 12.4. The Morgan fingerprint density at radius 2 is 1.78 bits per heavy atom. The quantitative estimate of drug-likeness (QED) is 0.467. The van der Waals surface area contributed by atoms with Gasteiger partial charge in [0.1, 0.15) is 5.69 Å². The monoisotopic (exact) mass is 492 g/mol. The molecule has 5 rings (SSSR count). The predicted molar refractivity (Wildman–Crippen MR) is 140 cm³/mol. The molecular formula is C30H40N2O4. The third-order valence-electron chi connectivity index (χ3n) is 9.02. The summed E-state index contributed by atoms with van der Waals surface area (Å²) >= 11 is 0. The van der Waals surface area contributed by atoms with Crippen molar-refractivity contribution in [3.8, 4) is 11.1 Å². The number of amides is 1. The van der Waals surface area contributed by atoms with E-state index in [-0.39, 0.29) is 23.3 Å². The van der Waals surface area contributed by atoms with Crippen molar-refractivity contribution in [2.45, 2.75) is 95.6 Å². The molecule has 3 N–H and O–H groups in total. The molecule has 194 valence electrons. The molecule has 0 bridgehead atoms. The number of benzene rings is 1. The van der Waals surface area contributed by atoms with Crippen molar-refractivity contribution >= 4 is 11.9 Å². The standard InChI is InChI=1S/C30H40N2O4/c1-29(2,36)21-12-19(13-22(16-21)30(3)9-10-30)24-17-26(27(33)31-23-14-20(15-23)28(34)35)32(4)25(24)11-18-7-5-6-8-18/h12-13,16-18,20,23,36H,5-11,14-15H2,1-4H3,(H,31,33)(H,34,35)/t20-,23-. The van der Waals surface area contributed by atoms with Crippen LogP contribution in [0.2, 0.25) is 0 Å². The van der Waals surface area contributed by atoms with E-state index in [4.69, 9.17) is 0 Å². The molecule has 3 saturated carbocycles. The first-order valence-electron chi connectivity index (χ1n) is 13.6. The van der Waals surface area contributed by atoms with Crippen molar-refractivity contribution < 1.29 is 19.8 Å². The normalized spacial score (nSPS) is 23.4. The first-order valence-corrected chi connectivity index (χ1v) is 13.6. The summed E-state index contributed by atoms with van der Waals surface area (Å²) in [5, 5.41) is 23.1. The van der Waals surface area contributed by atoms with E-state index < -0.39 is 11.6 Å². The number of carboxylic acid groups (broad SMARTS) is 1. The Morgan fingerprint density at radius 1 is 1.11 bits per heavy atom. The van der Waals surface area contributed by atoms with Crippen LogP contribution in [0, 0.1) is 11.8 Å². The lowest BCUT2D eigenvalue weighted by molar-refractivity contribution is -0.145. The van der Waals surface area contributed by atoms with Gasteiger partial charge in [-0.05, 0) is 86.1 Å². The number of aliphatic carboxylic acids is 1. The molecule has 0 unspecified atom stereocenters. The van der Waals surface area contributed by atoms with Gasteiger partial charge in [-0.1, -0.05) is 44.7 Å². The zero-order valence-electron chi connectivity index (χ0n) is 22.1. The Morgan fingerprint density at radius 3 is 2.36 bits per heavy atom. The summed E-state index contributed by atoms with van der Waals surface area (Å²) in [6.07, 6.45) is 9.18. The van der Waals surface area contributed by atoms with Gasteiger partial charge in [0.25, 0.3) is 5.91 Å². The van der Waals surface area contributed by atoms with Crippen molar-refractivity contribution in [3.63, 3.8) is 0 Å². The smallest absolute Gasteiger partial charge is 0.306 e. The van der Waals surface area contributed by atoms with Crippen molar-refractivity contribution in [1.82, 2.24) is 9.88 Å². The Labute approximate surface area is 214 Å². The number of carboxylic acids is 1. The minimum atomic E-state index is -0.957. The van der Waals surface area contributed by atoms with Crippen LogP contribution in [0.25, 0.3) is 11.1 Å². The fraction of sp³-hybridized carbons (Fsp3) is 0.600. The molecule has 2 aromatic rings. The topological polar surface area (TPSA) is 91.6 Å². The van der Waals surface area contributed by atoms with Crippen LogP contribution in [-0.4, -0.2) is 32.7 Å². The largest absolute Gasteiger partial charge is 0.481 e. The highest BCUT2D eigenvalue weighted by molar-refractivity contribution is 5.95. The van der Waals surface area contributed by atoms with Crippen LogP contribution in [0.4, 0.5) is 0 Å². The zero-order valence-corrected chi connectivity index (χ0v) is 22.1. The molecule has 6 heteroatoms. The van der Waals surface area contributed by atoms with Gasteiger partial charge in [0.2, 0.25) is 0 Å². The van der Waals surface area contributed by atoms with E-state index in [9.17, 15) is 19.8 Å². The number of rotatable bonds is 8. The highest BCUT2D eigenvalue weighted by Gasteiger charge is 2.40. The lowest BCUT2D eigenvalue weighted by Crippen LogP contribution is -2.47. The third-order valence-corrected chi connectivity index (χ3v) is 9.02. The van der Waals surface area contributed by atoms with Gasteiger partial charge in [-0.15, -0.1) is 0 Å². The van der Waals surface area contributed by atoms with Crippen molar-refractivity contribution in [2.75, 3.05) is 0 Å². The van der Waals surface area contributed by atoms with Crippen molar-refractivity contribution in [1.29, 1.82) is 0 Å². The Balaban J connectivity index is 1.52. The van der Waals surface area contributed by atoms with E-state index in [0.717, 1.165) is 36.0 Å². The van der Waals surface area contributed by atoms with Gasteiger partial charge in [-0.3, -0.25) is 9.59 Å². The predicted octanol–water partition coefficient (Wildman–Crippen LogP) is 5.30. The molecule has 1 amide bonds. The highest BCUT2D eigenvalue weighted by Crippen LogP contribution is 2.49. The van der Waals surface area contributed by atoms with E-state index >= 15 is 0 Å². The van der Waals surface area contributed by atoms with Crippen molar-refractivity contribution in [2.24, 2.45) is 18.9 Å². The average molecular weight is 493 g/mol. The molecule has 0 spiro atoms. The van der Waals surface area contributed by atoms with Gasteiger partial charge in [-0.2, -0.15) is 0 Å². The molecule has 0 saturated heterocycles. The number of hydrogen-bond acceptors (Lipinski definition) is 3. The summed E-state index contributed by atoms with van der Waals surface area (Å²) in [5.41, 5.74) is 5.28. The third kappa shape index (κ3) is 4.84. The molecule has 1 aromatic carbocycles. The zero-order chi connectivity index (χ0) is 25.8. The molecule has 1 aromatic heterocycles. The summed E-state index contributed by atoms with van der Waals surface area (Å²) < 4.78 is 2.05. The maximum Gasteiger partial charge on any atom is 0.306 e. The molecule has 3 fully saturated rings. The summed E-state index contributed by atoms with van der Waals surface area (Å²) in [5.74, 6) is -0.663. The molecule has 0 atom stereocenters. The molecule has 0 radical (unpaired) electrons. The summed E-state index contributed by atoms with van der Waals surface area (Å²) in [4.78, 5) is 24.5. The van der Waals surface area contributed by atoms with Crippen LogP contribution in [0.5, 0.6) is 0 Å². The van der Waals surface area contributed by atoms with Crippen LogP contribution in [0.3, 0.4) is 0 Å². The fourth-order valence-corrected chi connectivity index (χ4v) is 6.00. The number of nitrogens with zero attached hydrogens (tertiary/aromatic N) is 1. The molecule has 6 nitrogen and oxygen atoms in total. The van der Waals surface area contributed by atoms with Gasteiger partial charge >= 0.3 is 5.97 Å². The Hall–Kier alpha value is -2.60. The van der Waals surface area contributed by atoms with E-state index in [1.54, 1.807) is 0 Å². The summed E-state index contributed by atoms with van der Waals surface area (Å²) in [6.45, 7) is 5.95. The highest BCUT2D eigenvalue weighted by atomic mass is 16.4. The number of nitrogens with one attached hydrogen (secondary N) is 1. The fourth-order valence-electron chi connectivity index (χ4n) is 6.00. The summed E-state index contributed by atoms with van der Waals surface area (Å²) in [6, 6.07) is 8.43. The number of carbonyl (C=O) groups excluding carboxylic acids is 1. The molecule has 3 aliphatic rings. The van der Waals surface area contributed by atoms with E-state index in [0.29, 0.717) is 24.5 Å². The van der Waals surface area contributed by atoms with E-state index in [2.05, 4.69) is 30.4 Å². The minimum Gasteiger partial charge on any atom is -0.481 e. The van der Waals surface area contributed by atoms with Gasteiger partial charge in [0, 0.05) is 24.3 Å². The SMILES string of the molecule is Cn1c(C(=O)N[C@H]2C[C@H](C(=O)O)C2)cc(-c2cc(C(C)(C)O)cc(C3(C)CC3)c2)c1CC1CCCC1. The van der Waals surface area contributed by atoms with Gasteiger partial charge < -0.3 is 20.1 Å². The Kier molecular flexibility index (Phi) is 6.30. The molecule has 3 aliphatic carbocycles. The lowest BCUT2D eigenvalue weighted by Gasteiger charge is -2.32. The maximum atomic E-state index is 13.3. The van der Waals surface area contributed by atoms with E-state index in [1.165, 1.54) is 36.9 Å². The molecule has 36 heavy (non-hydrogen) atoms. The van der Waals surface area contributed by atoms with Crippen LogP contribution >= 0.6 is 0 Å². The average Bonchev–Trinajstić information content (AvgIpc) is 3.19. The summed E-state index contributed by atoms with van der Waals surface area (Å²) in [7, 11) is 1.98. The number of aromatic nitrogens is 1. The van der Waals surface area contributed by atoms with Crippen molar-refractivity contribution in [3.05, 3.63) is 46.8 Å². The van der Waals surface area contributed by atoms with Crippen LogP contribution < -0.4 is 5.32 Å². The number of aliphatic hydroxyl groups is 1. The number of carbonyl (C=O) groups is 2. The first-order chi connectivity index (χ1) is 16.9. The van der Waals surface area contributed by atoms with Crippen LogP contribution in [0.1, 0.15) is 99.4 Å². The second-order valence-corrected chi connectivity index (χ2v) is 12.4. The van der Waals surface area contributed by atoms with Crippen LogP contribution in [-0.2, 0) is 29.3 Å². The van der Waals surface area contributed by atoms with Gasteiger partial charge in [0.15, 0.2) is 0 Å². The molecule has 1 heterocycles. The van der Waals surface area contributed by atoms with Gasteiger partial charge in [0.05, 0.1) is 11.5 Å². The Bertz CT molecular complexity index is 1150. The van der Waals surface area contributed by atoms with E-state index in [1.807, 2.05) is 31.5 Å². The van der Waals surface area contributed by atoms with Gasteiger partial charge in [-0.25, -0.2) is 0 Å². The van der Waals surface area contributed by atoms with Crippen LogP contribution in [0.15, 0.2) is 24.3 Å². The maximum absolute atomic E-state index is 13.3. The second kappa shape index (κ2) is 9.05.